The second-order valence-electron chi connectivity index (χ2n) is 15.2. The Labute approximate surface area is 367 Å². The van der Waals surface area contributed by atoms with E-state index in [-0.39, 0.29) is 24.8 Å². The molecule has 58 heavy (non-hydrogen) atoms. The number of nitrogens with zero attached hydrogens (tertiary/aromatic N) is 2. The molecule has 0 saturated heterocycles. The summed E-state index contributed by atoms with van der Waals surface area (Å²) in [4.78, 5) is 32.1. The number of nitrogens with one attached hydrogen (secondary N) is 2. The first-order chi connectivity index (χ1) is 27.9. The van der Waals surface area contributed by atoms with Crippen LogP contribution in [0.4, 0.5) is 11.4 Å². The quantitative estimate of drug-likeness (QED) is 0.0628. The minimum absolute atomic E-state index is 0.0629. The Balaban J connectivity index is 0.000000477. The van der Waals surface area contributed by atoms with Gasteiger partial charge in [0.25, 0.3) is 0 Å². The maximum absolute atomic E-state index is 12.7. The van der Waals surface area contributed by atoms with E-state index in [0.717, 1.165) is 25.4 Å². The second-order valence-corrected chi connectivity index (χ2v) is 21.9. The molecule has 0 bridgehead atoms. The van der Waals surface area contributed by atoms with Crippen LogP contribution in [0.15, 0.2) is 75.9 Å². The van der Waals surface area contributed by atoms with Crippen molar-refractivity contribution in [2.24, 2.45) is 0 Å². The van der Waals surface area contributed by atoms with E-state index in [4.69, 9.17) is 35.6 Å². The highest BCUT2D eigenvalue weighted by molar-refractivity contribution is 9.10. The molecule has 0 saturated carbocycles. The maximum atomic E-state index is 12.7. The van der Waals surface area contributed by atoms with Crippen molar-refractivity contribution < 1.29 is 40.5 Å². The van der Waals surface area contributed by atoms with Gasteiger partial charge in [0.05, 0.1) is 82.7 Å². The van der Waals surface area contributed by atoms with Crippen molar-refractivity contribution in [2.45, 2.75) is 88.8 Å². The van der Waals surface area contributed by atoms with Crippen LogP contribution in [0.1, 0.15) is 81.0 Å². The second kappa shape index (κ2) is 22.2. The Kier molecular flexibility index (Phi) is 18.6. The molecule has 0 aliphatic carbocycles. The number of ether oxygens (including phenoxy) is 2. The van der Waals surface area contributed by atoms with Gasteiger partial charge >= 0.3 is 19.1 Å². The topological polar surface area (TPSA) is 160 Å². The Bertz CT molecular complexity index is 2160. The fraction of sp³-hybridized carbons (Fsp3) is 0.400. The van der Waals surface area contributed by atoms with E-state index in [1.807, 2.05) is 96.5 Å². The third-order valence-corrected chi connectivity index (χ3v) is 14.7. The summed E-state index contributed by atoms with van der Waals surface area (Å²) in [7, 11) is -1.43. The molecule has 0 fully saturated rings. The molecule has 0 aliphatic heterocycles. The van der Waals surface area contributed by atoms with Crippen LogP contribution in [0, 0.1) is 13.1 Å². The van der Waals surface area contributed by atoms with Crippen LogP contribution in [0.5, 0.6) is 0 Å². The van der Waals surface area contributed by atoms with Crippen LogP contribution in [0.2, 0.25) is 0 Å². The summed E-state index contributed by atoms with van der Waals surface area (Å²) in [6, 6.07) is 17.5. The maximum Gasteiger partial charge on any atom is 0.487 e. The molecular formula is C40H52BBrN4O8S4. The number of hydrogen-bond donors (Lipinski definition) is 4. The van der Waals surface area contributed by atoms with Crippen LogP contribution < -0.4 is 14.9 Å². The van der Waals surface area contributed by atoms with Gasteiger partial charge in [-0.2, -0.15) is 0 Å². The molecule has 0 radical (unpaired) electrons. The SMILES string of the molecule is COC(=O)C[C@](C)(NS(=O)C(C)(C)C)c1cc(Br)cs1.[2H][2H].[C-]#[N+]c1cccc(-c2csc([C@](C)(CC(=O)OC)NS(=O)C(C)(C)C)c2)c1.[C-]#[N+]c1cccc(B(O)O)c1. The molecule has 2 heterocycles. The van der Waals surface area contributed by atoms with Gasteiger partial charge in [0.1, 0.15) is 0 Å². The fourth-order valence-electron chi connectivity index (χ4n) is 4.67. The van der Waals surface area contributed by atoms with Crippen molar-refractivity contribution in [3.05, 3.63) is 108 Å². The number of rotatable bonds is 12. The number of hydrogen-bond acceptors (Lipinski definition) is 10. The van der Waals surface area contributed by atoms with Crippen LogP contribution in [-0.2, 0) is 52.1 Å². The predicted molar refractivity (Wildman–Crippen MR) is 243 cm³/mol. The van der Waals surface area contributed by atoms with Crippen molar-refractivity contribution in [2.75, 3.05) is 14.2 Å². The van der Waals surface area contributed by atoms with Crippen molar-refractivity contribution >= 4 is 96.5 Å². The summed E-state index contributed by atoms with van der Waals surface area (Å²) in [5, 5.41) is 21.3. The summed E-state index contributed by atoms with van der Waals surface area (Å²) in [5.74, 6) is -0.712. The third-order valence-electron chi connectivity index (χ3n) is 8.06. The van der Waals surface area contributed by atoms with Gasteiger partial charge in [0, 0.05) is 22.6 Å². The summed E-state index contributed by atoms with van der Waals surface area (Å²) in [6.07, 6.45) is 0.186. The van der Waals surface area contributed by atoms with Gasteiger partial charge in [-0.15, -0.1) is 22.7 Å². The minimum atomic E-state index is -1.49. The van der Waals surface area contributed by atoms with Crippen molar-refractivity contribution in [1.29, 1.82) is 0 Å². The summed E-state index contributed by atoms with van der Waals surface area (Å²) >= 11 is 6.40. The molecule has 0 amide bonds. The highest BCUT2D eigenvalue weighted by Gasteiger charge is 2.37. The summed E-state index contributed by atoms with van der Waals surface area (Å²) in [5.41, 5.74) is 1.68. The van der Waals surface area contributed by atoms with E-state index in [9.17, 15) is 18.0 Å². The number of carbonyl (C=O) groups is 2. The van der Waals surface area contributed by atoms with Crippen LogP contribution >= 0.6 is 38.6 Å². The lowest BCUT2D eigenvalue weighted by Gasteiger charge is -2.31. The third kappa shape index (κ3) is 15.6. The highest BCUT2D eigenvalue weighted by Crippen LogP contribution is 2.37. The Morgan fingerprint density at radius 2 is 1.21 bits per heavy atom. The standard InChI is InChI=1S/C20H24N2O3S2.C13H20BrNO3S2.C7H6BNO2.H2/c1-19(2,3)27(24)22-20(4,12-18(23)25-6)17-11-15(13-26-17)14-8-7-9-16(10-14)21-5;1-12(2,3)20(17)15-13(4,7-11(16)18-5)10-6-9(14)8-19-10;1-9-7-4-2-3-6(5-7)8(10)11;/h7-11,13,22H,12H2,1-4,6H3;6,8,15H,7H2,1-5H3;2-5,10-11H;1H/t20-,27?;13-,20?;;/m00../s1/i;;;1+1D. The van der Waals surface area contributed by atoms with Gasteiger partial charge in [-0.05, 0) is 111 Å². The molecule has 4 rings (SSSR count). The molecule has 2 aromatic carbocycles. The molecule has 0 aliphatic rings. The monoisotopic (exact) mass is 936 g/mol. The number of carbonyl (C=O) groups excluding carboxylic acids is 2. The normalized spacial score (nSPS) is 14.4. The first-order valence-corrected chi connectivity index (χ1v) is 22.4. The van der Waals surface area contributed by atoms with Gasteiger partial charge in [0.15, 0.2) is 11.4 Å². The molecule has 2 aromatic heterocycles. The van der Waals surface area contributed by atoms with Gasteiger partial charge in [-0.25, -0.2) is 27.6 Å². The van der Waals surface area contributed by atoms with Gasteiger partial charge in [0.2, 0.25) is 0 Å². The lowest BCUT2D eigenvalue weighted by Crippen LogP contribution is -2.47. The average Bonchev–Trinajstić information content (AvgIpc) is 3.89. The first-order valence-electron chi connectivity index (χ1n) is 18.6. The van der Waals surface area contributed by atoms with Gasteiger partial charge in [-0.1, -0.05) is 42.5 Å². The minimum Gasteiger partial charge on any atom is -0.469 e. The zero-order valence-electron chi connectivity index (χ0n) is 36.2. The van der Waals surface area contributed by atoms with E-state index in [1.165, 1.54) is 43.0 Å². The number of methoxy groups -OCH3 is 2. The Hall–Kier alpha value is -3.56. The molecule has 4 aromatic rings. The fourth-order valence-corrected chi connectivity index (χ4v) is 9.18. The largest absolute Gasteiger partial charge is 0.487 e. The molecule has 0 spiro atoms. The Morgan fingerprint density at radius 1 is 0.759 bits per heavy atom. The number of thiophene rings is 2. The lowest BCUT2D eigenvalue weighted by molar-refractivity contribution is -0.143. The van der Waals surface area contributed by atoms with Crippen molar-refractivity contribution in [1.82, 2.24) is 9.44 Å². The molecular weight excluding hydrogens is 883 g/mol. The van der Waals surface area contributed by atoms with Gasteiger partial charge < -0.3 is 19.5 Å². The Morgan fingerprint density at radius 3 is 1.62 bits per heavy atom. The molecule has 2 unspecified atom stereocenters. The van der Waals surface area contributed by atoms with E-state index >= 15 is 0 Å². The zero-order chi connectivity index (χ0) is 46.1. The smallest absolute Gasteiger partial charge is 0.469 e. The van der Waals surface area contributed by atoms with E-state index in [0.29, 0.717) is 16.8 Å². The zero-order valence-corrected chi connectivity index (χ0v) is 39.0. The molecule has 12 nitrogen and oxygen atoms in total. The van der Waals surface area contributed by atoms with Crippen LogP contribution in [0.3, 0.4) is 0 Å². The van der Waals surface area contributed by atoms with Crippen LogP contribution in [0.25, 0.3) is 20.8 Å². The summed E-state index contributed by atoms with van der Waals surface area (Å²) < 4.78 is 51.0. The van der Waals surface area contributed by atoms with E-state index < -0.39 is 49.7 Å². The average molecular weight is 938 g/mol. The van der Waals surface area contributed by atoms with Gasteiger partial charge in [-0.3, -0.25) is 9.59 Å². The van der Waals surface area contributed by atoms with E-state index in [1.54, 1.807) is 24.3 Å². The number of halogens is 1. The highest BCUT2D eigenvalue weighted by atomic mass is 79.9. The lowest BCUT2D eigenvalue weighted by atomic mass is 9.80. The first kappa shape index (κ1) is 48.8. The number of esters is 2. The summed E-state index contributed by atoms with van der Waals surface area (Å²) in [6.45, 7) is 28.8. The molecule has 4 N–H and O–H groups in total. The van der Waals surface area contributed by atoms with E-state index in [2.05, 4.69) is 35.1 Å². The number of benzene rings is 2. The predicted octanol–water partition coefficient (Wildman–Crippen LogP) is 8.30. The van der Waals surface area contributed by atoms with Crippen molar-refractivity contribution in [3.8, 4) is 11.1 Å². The molecule has 4 atom stereocenters. The van der Waals surface area contributed by atoms with Crippen molar-refractivity contribution in [3.63, 3.8) is 0 Å². The molecule has 314 valence electrons. The molecule has 18 heteroatoms. The van der Waals surface area contributed by atoms with Crippen LogP contribution in [-0.4, -0.2) is 61.2 Å².